The summed E-state index contributed by atoms with van der Waals surface area (Å²) in [5, 5.41) is 9.08. The summed E-state index contributed by atoms with van der Waals surface area (Å²) in [4.78, 5) is 2.42. The third-order valence-electron chi connectivity index (χ3n) is 3.06. The number of methoxy groups -OCH3 is 1. The van der Waals surface area contributed by atoms with Gasteiger partial charge in [0.05, 0.1) is 6.61 Å². The van der Waals surface area contributed by atoms with Gasteiger partial charge in [-0.3, -0.25) is 4.90 Å². The van der Waals surface area contributed by atoms with Crippen LogP contribution in [0.4, 0.5) is 0 Å². The number of hydrogen-bond acceptors (Lipinski definition) is 3. The highest BCUT2D eigenvalue weighted by atomic mass is 16.5. The highest BCUT2D eigenvalue weighted by molar-refractivity contribution is 5.34. The van der Waals surface area contributed by atoms with Crippen LogP contribution in [-0.4, -0.2) is 30.3 Å². The van der Waals surface area contributed by atoms with Crippen LogP contribution in [-0.2, 0) is 24.4 Å². The summed E-state index contributed by atoms with van der Waals surface area (Å²) in [6, 6.07) is 6.26. The van der Waals surface area contributed by atoms with E-state index in [0.717, 1.165) is 38.2 Å². The molecule has 1 aromatic carbocycles. The Kier molecular flexibility index (Phi) is 3.93. The standard InChI is InChI=1S/C13H19NO2/c1-16-6-2-5-14-8-12-4-3-11(10-15)7-13(12)9-14/h3-4,7,15H,2,5-6,8-10H2,1H3. The van der Waals surface area contributed by atoms with Gasteiger partial charge in [-0.2, -0.15) is 0 Å². The van der Waals surface area contributed by atoms with E-state index in [1.54, 1.807) is 7.11 Å². The Labute approximate surface area is 96.6 Å². The Hall–Kier alpha value is -0.900. The normalized spacial score (nSPS) is 15.4. The second-order valence-corrected chi connectivity index (χ2v) is 4.32. The lowest BCUT2D eigenvalue weighted by atomic mass is 10.1. The average Bonchev–Trinajstić information content (AvgIpc) is 2.70. The number of fused-ring (bicyclic) bond motifs is 1. The fourth-order valence-electron chi connectivity index (χ4n) is 2.21. The van der Waals surface area contributed by atoms with Crippen LogP contribution in [0.5, 0.6) is 0 Å². The van der Waals surface area contributed by atoms with E-state index in [2.05, 4.69) is 17.0 Å². The van der Waals surface area contributed by atoms with Crippen molar-refractivity contribution >= 4 is 0 Å². The minimum Gasteiger partial charge on any atom is -0.392 e. The van der Waals surface area contributed by atoms with Gasteiger partial charge in [-0.1, -0.05) is 18.2 Å². The zero-order chi connectivity index (χ0) is 11.4. The van der Waals surface area contributed by atoms with Crippen molar-refractivity contribution < 1.29 is 9.84 Å². The number of rotatable bonds is 5. The Morgan fingerprint density at radius 1 is 1.31 bits per heavy atom. The summed E-state index contributed by atoms with van der Waals surface area (Å²) in [6.45, 7) is 4.08. The number of hydrogen-bond donors (Lipinski definition) is 1. The molecular formula is C13H19NO2. The van der Waals surface area contributed by atoms with Gasteiger partial charge in [0.15, 0.2) is 0 Å². The summed E-state index contributed by atoms with van der Waals surface area (Å²) >= 11 is 0. The number of aliphatic hydroxyl groups is 1. The molecule has 1 heterocycles. The molecule has 16 heavy (non-hydrogen) atoms. The van der Waals surface area contributed by atoms with Crippen molar-refractivity contribution in [1.29, 1.82) is 0 Å². The van der Waals surface area contributed by atoms with Crippen LogP contribution in [0.15, 0.2) is 18.2 Å². The number of benzene rings is 1. The molecule has 0 aromatic heterocycles. The molecule has 88 valence electrons. The zero-order valence-corrected chi connectivity index (χ0v) is 9.78. The predicted octanol–water partition coefficient (Wildman–Crippen LogP) is 1.53. The maximum Gasteiger partial charge on any atom is 0.0681 e. The smallest absolute Gasteiger partial charge is 0.0681 e. The lowest BCUT2D eigenvalue weighted by Gasteiger charge is -2.13. The largest absolute Gasteiger partial charge is 0.392 e. The van der Waals surface area contributed by atoms with E-state index in [0.29, 0.717) is 0 Å². The number of aliphatic hydroxyl groups excluding tert-OH is 1. The van der Waals surface area contributed by atoms with Gasteiger partial charge >= 0.3 is 0 Å². The van der Waals surface area contributed by atoms with Crippen molar-refractivity contribution in [3.05, 3.63) is 34.9 Å². The minimum absolute atomic E-state index is 0.136. The van der Waals surface area contributed by atoms with Crippen LogP contribution >= 0.6 is 0 Å². The number of nitrogens with zero attached hydrogens (tertiary/aromatic N) is 1. The van der Waals surface area contributed by atoms with Gasteiger partial charge in [-0.25, -0.2) is 0 Å². The highest BCUT2D eigenvalue weighted by Crippen LogP contribution is 2.23. The molecule has 0 bridgehead atoms. The Morgan fingerprint density at radius 3 is 2.88 bits per heavy atom. The van der Waals surface area contributed by atoms with Gasteiger partial charge in [0, 0.05) is 33.4 Å². The van der Waals surface area contributed by atoms with Gasteiger partial charge < -0.3 is 9.84 Å². The molecular weight excluding hydrogens is 202 g/mol. The maximum absolute atomic E-state index is 9.08. The second-order valence-electron chi connectivity index (χ2n) is 4.32. The average molecular weight is 221 g/mol. The topological polar surface area (TPSA) is 32.7 Å². The van der Waals surface area contributed by atoms with Crippen LogP contribution < -0.4 is 0 Å². The molecule has 0 unspecified atom stereocenters. The van der Waals surface area contributed by atoms with Crippen LogP contribution in [0.1, 0.15) is 23.1 Å². The summed E-state index contributed by atoms with van der Waals surface area (Å²) in [6.07, 6.45) is 1.08. The number of ether oxygens (including phenoxy) is 1. The molecule has 1 aliphatic rings. The van der Waals surface area contributed by atoms with E-state index < -0.39 is 0 Å². The molecule has 0 radical (unpaired) electrons. The fraction of sp³-hybridized carbons (Fsp3) is 0.538. The minimum atomic E-state index is 0.136. The van der Waals surface area contributed by atoms with Crippen molar-refractivity contribution in [1.82, 2.24) is 4.90 Å². The van der Waals surface area contributed by atoms with Crippen LogP contribution in [0, 0.1) is 0 Å². The molecule has 0 saturated carbocycles. The first-order valence-corrected chi connectivity index (χ1v) is 5.76. The Bertz CT molecular complexity index is 352. The third kappa shape index (κ3) is 2.61. The Balaban J connectivity index is 1.93. The molecule has 0 spiro atoms. The molecule has 0 saturated heterocycles. The maximum atomic E-state index is 9.08. The van der Waals surface area contributed by atoms with E-state index in [1.807, 2.05) is 6.07 Å². The van der Waals surface area contributed by atoms with E-state index in [-0.39, 0.29) is 6.61 Å². The molecule has 0 atom stereocenters. The summed E-state index contributed by atoms with van der Waals surface area (Å²) in [7, 11) is 1.74. The lowest BCUT2D eigenvalue weighted by molar-refractivity contribution is 0.172. The Morgan fingerprint density at radius 2 is 2.12 bits per heavy atom. The van der Waals surface area contributed by atoms with Crippen molar-refractivity contribution in [3.63, 3.8) is 0 Å². The molecule has 1 N–H and O–H groups in total. The summed E-state index contributed by atoms with van der Waals surface area (Å²) in [5.41, 5.74) is 3.77. The third-order valence-corrected chi connectivity index (χ3v) is 3.06. The van der Waals surface area contributed by atoms with Crippen LogP contribution in [0.2, 0.25) is 0 Å². The molecule has 1 aromatic rings. The van der Waals surface area contributed by atoms with E-state index in [1.165, 1.54) is 11.1 Å². The molecule has 1 aliphatic heterocycles. The van der Waals surface area contributed by atoms with Crippen molar-refractivity contribution in [2.45, 2.75) is 26.1 Å². The molecule has 2 rings (SSSR count). The molecule has 0 amide bonds. The fourth-order valence-corrected chi connectivity index (χ4v) is 2.21. The first-order valence-electron chi connectivity index (χ1n) is 5.76. The van der Waals surface area contributed by atoms with Crippen LogP contribution in [0.3, 0.4) is 0 Å². The van der Waals surface area contributed by atoms with E-state index >= 15 is 0 Å². The van der Waals surface area contributed by atoms with E-state index in [9.17, 15) is 0 Å². The zero-order valence-electron chi connectivity index (χ0n) is 9.78. The van der Waals surface area contributed by atoms with Gasteiger partial charge in [-0.15, -0.1) is 0 Å². The van der Waals surface area contributed by atoms with Gasteiger partial charge in [0.25, 0.3) is 0 Å². The monoisotopic (exact) mass is 221 g/mol. The molecule has 3 heteroatoms. The lowest BCUT2D eigenvalue weighted by Crippen LogP contribution is -2.18. The highest BCUT2D eigenvalue weighted by Gasteiger charge is 2.18. The quantitative estimate of drug-likeness (QED) is 0.765. The van der Waals surface area contributed by atoms with Crippen molar-refractivity contribution in [2.24, 2.45) is 0 Å². The van der Waals surface area contributed by atoms with Crippen molar-refractivity contribution in [2.75, 3.05) is 20.3 Å². The SMILES string of the molecule is COCCCN1Cc2ccc(CO)cc2C1. The first kappa shape index (κ1) is 11.6. The van der Waals surface area contributed by atoms with Crippen LogP contribution in [0.25, 0.3) is 0 Å². The van der Waals surface area contributed by atoms with Gasteiger partial charge in [-0.05, 0) is 23.1 Å². The van der Waals surface area contributed by atoms with Gasteiger partial charge in [0.1, 0.15) is 0 Å². The first-order chi connectivity index (χ1) is 7.83. The molecule has 0 fully saturated rings. The van der Waals surface area contributed by atoms with E-state index in [4.69, 9.17) is 9.84 Å². The van der Waals surface area contributed by atoms with Crippen molar-refractivity contribution in [3.8, 4) is 0 Å². The second kappa shape index (κ2) is 5.43. The predicted molar refractivity (Wildman–Crippen MR) is 63.0 cm³/mol. The summed E-state index contributed by atoms with van der Waals surface area (Å²) < 4.78 is 5.06. The van der Waals surface area contributed by atoms with Gasteiger partial charge in [0.2, 0.25) is 0 Å². The molecule has 3 nitrogen and oxygen atoms in total. The molecule has 0 aliphatic carbocycles. The summed E-state index contributed by atoms with van der Waals surface area (Å²) in [5.74, 6) is 0.